The van der Waals surface area contributed by atoms with E-state index in [2.05, 4.69) is 15.0 Å². The van der Waals surface area contributed by atoms with Gasteiger partial charge in [-0.25, -0.2) is 13.4 Å². The number of anilines is 2. The van der Waals surface area contributed by atoms with Crippen LogP contribution in [0, 0.1) is 0 Å². The number of benzene rings is 2. The first kappa shape index (κ1) is 17.3. The van der Waals surface area contributed by atoms with Gasteiger partial charge in [0.15, 0.2) is 10.9 Å². The molecule has 136 valence electrons. The number of carbonyl (C=O) groups is 1. The van der Waals surface area contributed by atoms with Crippen LogP contribution < -0.4 is 10.0 Å². The summed E-state index contributed by atoms with van der Waals surface area (Å²) in [6.07, 6.45) is 1.42. The van der Waals surface area contributed by atoms with Gasteiger partial charge in [-0.1, -0.05) is 29.5 Å². The number of furan rings is 1. The summed E-state index contributed by atoms with van der Waals surface area (Å²) in [6.45, 7) is 0. The number of carbonyl (C=O) groups excluding carboxylic acids is 1. The quantitative estimate of drug-likeness (QED) is 0.529. The summed E-state index contributed by atoms with van der Waals surface area (Å²) in [6, 6.07) is 16.4. The Kier molecular flexibility index (Phi) is 4.38. The molecule has 0 aliphatic heterocycles. The lowest BCUT2D eigenvalue weighted by atomic mass is 10.3. The van der Waals surface area contributed by atoms with Gasteiger partial charge in [0, 0.05) is 5.69 Å². The molecule has 0 aliphatic rings. The first-order chi connectivity index (χ1) is 13.0. The highest BCUT2D eigenvalue weighted by Crippen LogP contribution is 2.30. The molecule has 0 aliphatic carbocycles. The van der Waals surface area contributed by atoms with E-state index < -0.39 is 10.0 Å². The van der Waals surface area contributed by atoms with Gasteiger partial charge in [-0.2, -0.15) is 0 Å². The van der Waals surface area contributed by atoms with Crippen molar-refractivity contribution in [3.63, 3.8) is 0 Å². The number of thiazole rings is 1. The highest BCUT2D eigenvalue weighted by atomic mass is 32.2. The topological polar surface area (TPSA) is 101 Å². The summed E-state index contributed by atoms with van der Waals surface area (Å²) >= 11 is 1.18. The Morgan fingerprint density at radius 2 is 1.85 bits per heavy atom. The van der Waals surface area contributed by atoms with Crippen molar-refractivity contribution in [1.29, 1.82) is 0 Å². The van der Waals surface area contributed by atoms with Gasteiger partial charge >= 0.3 is 0 Å². The SMILES string of the molecule is O=C(Nc1ccc2nc(NS(=O)(=O)c3ccccc3)sc2c1)c1ccco1. The number of fused-ring (bicyclic) bond motifs is 1. The summed E-state index contributed by atoms with van der Waals surface area (Å²) in [4.78, 5) is 16.5. The Hall–Kier alpha value is -3.17. The maximum atomic E-state index is 12.4. The molecule has 7 nitrogen and oxygen atoms in total. The lowest BCUT2D eigenvalue weighted by Crippen LogP contribution is -2.12. The van der Waals surface area contributed by atoms with Crippen molar-refractivity contribution < 1.29 is 17.6 Å². The first-order valence-electron chi connectivity index (χ1n) is 7.85. The molecule has 0 unspecified atom stereocenters. The maximum absolute atomic E-state index is 12.4. The molecule has 0 spiro atoms. The minimum Gasteiger partial charge on any atom is -0.459 e. The minimum atomic E-state index is -3.70. The highest BCUT2D eigenvalue weighted by molar-refractivity contribution is 7.93. The third kappa shape index (κ3) is 3.69. The van der Waals surface area contributed by atoms with Crippen LogP contribution in [0.2, 0.25) is 0 Å². The molecule has 4 aromatic rings. The number of aromatic nitrogens is 1. The van der Waals surface area contributed by atoms with Crippen molar-refractivity contribution in [2.24, 2.45) is 0 Å². The Labute approximate surface area is 158 Å². The third-order valence-electron chi connectivity index (χ3n) is 3.67. The maximum Gasteiger partial charge on any atom is 0.291 e. The van der Waals surface area contributed by atoms with Crippen molar-refractivity contribution in [1.82, 2.24) is 4.98 Å². The molecule has 0 saturated heterocycles. The van der Waals surface area contributed by atoms with Crippen molar-refractivity contribution in [2.45, 2.75) is 4.90 Å². The standard InChI is InChI=1S/C18H13N3O4S2/c22-17(15-7-4-10-25-15)19-12-8-9-14-16(11-12)26-18(20-14)21-27(23,24)13-5-2-1-3-6-13/h1-11H,(H,19,22)(H,20,21). The van der Waals surface area contributed by atoms with Gasteiger partial charge < -0.3 is 9.73 Å². The lowest BCUT2D eigenvalue weighted by Gasteiger charge is -2.03. The molecule has 2 aromatic heterocycles. The fourth-order valence-electron chi connectivity index (χ4n) is 2.42. The van der Waals surface area contributed by atoms with Crippen LogP contribution in [0.3, 0.4) is 0 Å². The monoisotopic (exact) mass is 399 g/mol. The van der Waals surface area contributed by atoms with Crippen molar-refractivity contribution in [3.05, 3.63) is 72.7 Å². The molecule has 27 heavy (non-hydrogen) atoms. The second-order valence-corrected chi connectivity index (χ2v) is 8.26. The predicted octanol–water partition coefficient (Wildman–Crippen LogP) is 3.94. The number of nitrogens with zero attached hydrogens (tertiary/aromatic N) is 1. The summed E-state index contributed by atoms with van der Waals surface area (Å²) < 4.78 is 33.1. The van der Waals surface area contributed by atoms with E-state index in [1.807, 2.05) is 0 Å². The van der Waals surface area contributed by atoms with Gasteiger partial charge in [0.05, 0.1) is 21.4 Å². The number of rotatable bonds is 5. The molecule has 0 radical (unpaired) electrons. The van der Waals surface area contributed by atoms with Gasteiger partial charge in [0.1, 0.15) is 0 Å². The lowest BCUT2D eigenvalue weighted by molar-refractivity contribution is 0.0996. The number of nitrogens with one attached hydrogen (secondary N) is 2. The summed E-state index contributed by atoms with van der Waals surface area (Å²) in [5, 5.41) is 2.98. The van der Waals surface area contributed by atoms with Crippen molar-refractivity contribution >= 4 is 48.3 Å². The number of amides is 1. The molecule has 0 fully saturated rings. The number of hydrogen-bond donors (Lipinski definition) is 2. The van der Waals surface area contributed by atoms with Crippen LogP contribution in [0.1, 0.15) is 10.6 Å². The van der Waals surface area contributed by atoms with E-state index in [4.69, 9.17) is 4.42 Å². The molecule has 2 heterocycles. The number of sulfonamides is 1. The largest absolute Gasteiger partial charge is 0.459 e. The fourth-order valence-corrected chi connectivity index (χ4v) is 4.58. The van der Waals surface area contributed by atoms with Crippen LogP contribution in [-0.2, 0) is 10.0 Å². The van der Waals surface area contributed by atoms with E-state index in [-0.39, 0.29) is 21.7 Å². The van der Waals surface area contributed by atoms with E-state index in [0.717, 1.165) is 4.70 Å². The zero-order chi connectivity index (χ0) is 18.9. The van der Waals surface area contributed by atoms with Gasteiger partial charge in [-0.05, 0) is 42.5 Å². The fraction of sp³-hybridized carbons (Fsp3) is 0. The van der Waals surface area contributed by atoms with E-state index in [1.54, 1.807) is 48.5 Å². The predicted molar refractivity (Wildman–Crippen MR) is 104 cm³/mol. The molecule has 4 rings (SSSR count). The molecular weight excluding hydrogens is 386 g/mol. The van der Waals surface area contributed by atoms with E-state index in [9.17, 15) is 13.2 Å². The van der Waals surface area contributed by atoms with Gasteiger partial charge in [0.25, 0.3) is 15.9 Å². The average Bonchev–Trinajstić information content (AvgIpc) is 3.31. The third-order valence-corrected chi connectivity index (χ3v) is 6.08. The molecule has 2 aromatic carbocycles. The number of hydrogen-bond acceptors (Lipinski definition) is 6. The van der Waals surface area contributed by atoms with Crippen LogP contribution in [-0.4, -0.2) is 19.3 Å². The normalized spacial score (nSPS) is 11.4. The Bertz CT molecular complexity index is 1200. The molecular formula is C18H13N3O4S2. The first-order valence-corrected chi connectivity index (χ1v) is 10.1. The van der Waals surface area contributed by atoms with E-state index in [1.165, 1.54) is 29.7 Å². The Morgan fingerprint density at radius 1 is 1.04 bits per heavy atom. The summed E-state index contributed by atoms with van der Waals surface area (Å²) in [7, 11) is -3.70. The molecule has 1 amide bonds. The van der Waals surface area contributed by atoms with E-state index >= 15 is 0 Å². The van der Waals surface area contributed by atoms with Crippen LogP contribution >= 0.6 is 11.3 Å². The van der Waals surface area contributed by atoms with Gasteiger partial charge in [-0.15, -0.1) is 0 Å². The summed E-state index contributed by atoms with van der Waals surface area (Å²) in [5.41, 5.74) is 1.19. The molecule has 0 atom stereocenters. The Morgan fingerprint density at radius 3 is 2.59 bits per heavy atom. The van der Waals surface area contributed by atoms with Gasteiger partial charge in [-0.3, -0.25) is 9.52 Å². The molecule has 2 N–H and O–H groups in total. The highest BCUT2D eigenvalue weighted by Gasteiger charge is 2.16. The zero-order valence-electron chi connectivity index (χ0n) is 13.7. The van der Waals surface area contributed by atoms with Crippen LogP contribution in [0.15, 0.2) is 76.2 Å². The van der Waals surface area contributed by atoms with E-state index in [0.29, 0.717) is 11.2 Å². The van der Waals surface area contributed by atoms with Gasteiger partial charge in [0.2, 0.25) is 0 Å². The minimum absolute atomic E-state index is 0.163. The summed E-state index contributed by atoms with van der Waals surface area (Å²) in [5.74, 6) is -0.162. The average molecular weight is 399 g/mol. The second-order valence-electron chi connectivity index (χ2n) is 5.55. The van der Waals surface area contributed by atoms with Crippen LogP contribution in [0.5, 0.6) is 0 Å². The second kappa shape index (κ2) is 6.86. The molecule has 9 heteroatoms. The van der Waals surface area contributed by atoms with Crippen molar-refractivity contribution in [3.8, 4) is 0 Å². The molecule has 0 saturated carbocycles. The zero-order valence-corrected chi connectivity index (χ0v) is 15.4. The van der Waals surface area contributed by atoms with Crippen molar-refractivity contribution in [2.75, 3.05) is 10.0 Å². The van der Waals surface area contributed by atoms with Crippen LogP contribution in [0.4, 0.5) is 10.8 Å². The Balaban J connectivity index is 1.57. The smallest absolute Gasteiger partial charge is 0.291 e. The van der Waals surface area contributed by atoms with Crippen LogP contribution in [0.25, 0.3) is 10.2 Å². The molecule has 0 bridgehead atoms.